The Balaban J connectivity index is 1.54. The van der Waals surface area contributed by atoms with E-state index in [1.807, 2.05) is 49.4 Å². The van der Waals surface area contributed by atoms with Gasteiger partial charge in [-0.15, -0.1) is 0 Å². The molecule has 0 saturated carbocycles. The number of aromatic nitrogens is 1. The van der Waals surface area contributed by atoms with E-state index in [4.69, 9.17) is 8.83 Å². The molecule has 5 heteroatoms. The minimum Gasteiger partial charge on any atom is -0.464 e. The van der Waals surface area contributed by atoms with Crippen LogP contribution in [0.25, 0.3) is 22.1 Å². The Labute approximate surface area is 136 Å². The minimum absolute atomic E-state index is 0.0279. The van der Waals surface area contributed by atoms with Gasteiger partial charge in [-0.05, 0) is 30.7 Å². The predicted molar refractivity (Wildman–Crippen MR) is 89.5 cm³/mol. The first-order chi connectivity index (χ1) is 11.2. The average Bonchev–Trinajstić information content (AvgIpc) is 3.10. The maximum Gasteiger partial charge on any atom is 0.264 e. The Morgan fingerprint density at radius 1 is 1.17 bits per heavy atom. The molecule has 0 aliphatic heterocycles. The van der Waals surface area contributed by atoms with Crippen LogP contribution in [0, 0.1) is 6.92 Å². The highest BCUT2D eigenvalue weighted by atomic mass is 32.2. The molecule has 4 nitrogen and oxygen atoms in total. The molecule has 4 rings (SSSR count). The number of hydrogen-bond acceptors (Lipinski definition) is 5. The first-order valence-corrected chi connectivity index (χ1v) is 8.04. The van der Waals surface area contributed by atoms with Crippen LogP contribution in [0.15, 0.2) is 62.8 Å². The summed E-state index contributed by atoms with van der Waals surface area (Å²) in [6, 6.07) is 13.4. The normalized spacial score (nSPS) is 11.3. The van der Waals surface area contributed by atoms with E-state index in [2.05, 4.69) is 4.98 Å². The summed E-state index contributed by atoms with van der Waals surface area (Å²) >= 11 is 1.02. The third kappa shape index (κ3) is 2.75. The second kappa shape index (κ2) is 5.59. The van der Waals surface area contributed by atoms with Gasteiger partial charge in [0.2, 0.25) is 5.12 Å². The fraction of sp³-hybridized carbons (Fsp3) is 0.111. The lowest BCUT2D eigenvalue weighted by molar-refractivity contribution is -0.110. The summed E-state index contributed by atoms with van der Waals surface area (Å²) in [7, 11) is 0. The fourth-order valence-electron chi connectivity index (χ4n) is 2.51. The van der Waals surface area contributed by atoms with Crippen molar-refractivity contribution < 1.29 is 13.6 Å². The molecule has 0 bridgehead atoms. The summed E-state index contributed by atoms with van der Waals surface area (Å²) in [5.41, 5.74) is 4.26. The number of aryl methyl sites for hydroxylation is 1. The molecule has 0 saturated heterocycles. The standard InChI is InChI=1S/C18H13NO3S/c1-11-6-7-13-12(10-21-16(13)8-11)9-17(20)23-18-19-14-4-2-3-5-15(14)22-18/h2-8,10H,9H2,1H3. The van der Waals surface area contributed by atoms with Gasteiger partial charge in [0.05, 0.1) is 6.26 Å². The van der Waals surface area contributed by atoms with E-state index < -0.39 is 0 Å². The minimum atomic E-state index is -0.0279. The molecule has 0 unspecified atom stereocenters. The quantitative estimate of drug-likeness (QED) is 0.510. The summed E-state index contributed by atoms with van der Waals surface area (Å²) in [5.74, 6) is 0. The van der Waals surface area contributed by atoms with Gasteiger partial charge >= 0.3 is 0 Å². The fourth-order valence-corrected chi connectivity index (χ4v) is 3.21. The maximum absolute atomic E-state index is 12.3. The van der Waals surface area contributed by atoms with Crippen molar-refractivity contribution in [2.45, 2.75) is 18.6 Å². The van der Waals surface area contributed by atoms with Crippen LogP contribution < -0.4 is 0 Å². The molecule has 2 aromatic heterocycles. The number of hydrogen-bond donors (Lipinski definition) is 0. The molecule has 0 atom stereocenters. The van der Waals surface area contributed by atoms with E-state index >= 15 is 0 Å². The first kappa shape index (κ1) is 14.1. The van der Waals surface area contributed by atoms with Crippen molar-refractivity contribution in [2.24, 2.45) is 0 Å². The number of carbonyl (C=O) groups excluding carboxylic acids is 1. The number of furan rings is 1. The van der Waals surface area contributed by atoms with Crippen molar-refractivity contribution in [1.82, 2.24) is 4.98 Å². The Morgan fingerprint density at radius 3 is 2.91 bits per heavy atom. The SMILES string of the molecule is Cc1ccc2c(CC(=O)Sc3nc4ccccc4o3)coc2c1. The third-order valence-electron chi connectivity index (χ3n) is 3.62. The summed E-state index contributed by atoms with van der Waals surface area (Å²) in [5, 5.41) is 1.32. The van der Waals surface area contributed by atoms with E-state index in [9.17, 15) is 4.79 Å². The van der Waals surface area contributed by atoms with Crippen molar-refractivity contribution in [3.05, 3.63) is 59.9 Å². The average molecular weight is 323 g/mol. The smallest absolute Gasteiger partial charge is 0.264 e. The Kier molecular flexibility index (Phi) is 3.42. The number of nitrogens with zero attached hydrogens (tertiary/aromatic N) is 1. The number of carbonyl (C=O) groups is 1. The van der Waals surface area contributed by atoms with Gasteiger partial charge in [0, 0.05) is 29.1 Å². The molecule has 4 aromatic rings. The third-order valence-corrected chi connectivity index (χ3v) is 4.34. The van der Waals surface area contributed by atoms with E-state index in [0.29, 0.717) is 10.8 Å². The van der Waals surface area contributed by atoms with E-state index in [1.54, 1.807) is 6.26 Å². The van der Waals surface area contributed by atoms with Crippen LogP contribution in [0.5, 0.6) is 0 Å². The van der Waals surface area contributed by atoms with Crippen molar-refractivity contribution in [3.63, 3.8) is 0 Å². The molecule has 2 heterocycles. The Bertz CT molecular complexity index is 982. The van der Waals surface area contributed by atoms with Crippen molar-refractivity contribution in [3.8, 4) is 0 Å². The maximum atomic E-state index is 12.3. The van der Waals surface area contributed by atoms with Crippen LogP contribution in [-0.4, -0.2) is 10.1 Å². The van der Waals surface area contributed by atoms with Crippen molar-refractivity contribution in [1.29, 1.82) is 0 Å². The first-order valence-electron chi connectivity index (χ1n) is 7.22. The highest BCUT2D eigenvalue weighted by Gasteiger charge is 2.15. The number of fused-ring (bicyclic) bond motifs is 2. The highest BCUT2D eigenvalue weighted by molar-refractivity contribution is 8.13. The molecule has 114 valence electrons. The van der Waals surface area contributed by atoms with Crippen LogP contribution >= 0.6 is 11.8 Å². The van der Waals surface area contributed by atoms with Gasteiger partial charge in [-0.3, -0.25) is 4.79 Å². The zero-order valence-electron chi connectivity index (χ0n) is 12.4. The van der Waals surface area contributed by atoms with Gasteiger partial charge in [0.1, 0.15) is 11.1 Å². The van der Waals surface area contributed by atoms with Crippen molar-refractivity contribution in [2.75, 3.05) is 0 Å². The summed E-state index contributed by atoms with van der Waals surface area (Å²) in [6.45, 7) is 2.01. The Morgan fingerprint density at radius 2 is 2.04 bits per heavy atom. The number of rotatable bonds is 3. The summed E-state index contributed by atoms with van der Waals surface area (Å²) in [4.78, 5) is 16.6. The predicted octanol–water partition coefficient (Wildman–Crippen LogP) is 4.74. The number of thioether (sulfide) groups is 1. The lowest BCUT2D eigenvalue weighted by atomic mass is 10.1. The zero-order chi connectivity index (χ0) is 15.8. The van der Waals surface area contributed by atoms with E-state index in [1.165, 1.54) is 0 Å². The molecule has 2 aromatic carbocycles. The van der Waals surface area contributed by atoms with Gasteiger partial charge < -0.3 is 8.83 Å². The summed E-state index contributed by atoms with van der Waals surface area (Å²) < 4.78 is 11.1. The van der Waals surface area contributed by atoms with Gasteiger partial charge in [-0.2, -0.15) is 0 Å². The zero-order valence-corrected chi connectivity index (χ0v) is 13.2. The molecule has 0 amide bonds. The molecular formula is C18H13NO3S. The highest BCUT2D eigenvalue weighted by Crippen LogP contribution is 2.27. The lowest BCUT2D eigenvalue weighted by Gasteiger charge is -1.97. The molecule has 0 aliphatic carbocycles. The van der Waals surface area contributed by atoms with Crippen molar-refractivity contribution >= 4 is 38.9 Å². The monoisotopic (exact) mass is 323 g/mol. The molecule has 0 fully saturated rings. The van der Waals surface area contributed by atoms with Gasteiger partial charge in [-0.1, -0.05) is 24.3 Å². The molecule has 0 aliphatic rings. The molecule has 0 N–H and O–H groups in total. The second-order valence-corrected chi connectivity index (χ2v) is 6.37. The summed E-state index contributed by atoms with van der Waals surface area (Å²) in [6.07, 6.45) is 1.92. The number of benzene rings is 2. The lowest BCUT2D eigenvalue weighted by Crippen LogP contribution is -1.96. The largest absolute Gasteiger partial charge is 0.464 e. The van der Waals surface area contributed by atoms with Crippen LogP contribution in [0.3, 0.4) is 0 Å². The topological polar surface area (TPSA) is 56.2 Å². The number of oxazole rings is 1. The van der Waals surface area contributed by atoms with Crippen LogP contribution in [0.2, 0.25) is 0 Å². The molecular weight excluding hydrogens is 310 g/mol. The van der Waals surface area contributed by atoms with Crippen LogP contribution in [0.1, 0.15) is 11.1 Å². The van der Waals surface area contributed by atoms with Crippen LogP contribution in [0.4, 0.5) is 0 Å². The van der Waals surface area contributed by atoms with Gasteiger partial charge in [0.25, 0.3) is 5.22 Å². The van der Waals surface area contributed by atoms with Gasteiger partial charge in [-0.25, -0.2) is 4.98 Å². The van der Waals surface area contributed by atoms with E-state index in [-0.39, 0.29) is 11.5 Å². The number of para-hydroxylation sites is 2. The Hall–Kier alpha value is -2.53. The van der Waals surface area contributed by atoms with Crippen LogP contribution in [-0.2, 0) is 11.2 Å². The molecule has 23 heavy (non-hydrogen) atoms. The molecule has 0 spiro atoms. The molecule has 0 radical (unpaired) electrons. The van der Waals surface area contributed by atoms with Gasteiger partial charge in [0.15, 0.2) is 5.58 Å². The second-order valence-electron chi connectivity index (χ2n) is 5.36. The van der Waals surface area contributed by atoms with E-state index in [0.717, 1.165) is 39.4 Å².